The lowest BCUT2D eigenvalue weighted by molar-refractivity contribution is -0.121. The Kier molecular flexibility index (Phi) is 9.98. The summed E-state index contributed by atoms with van der Waals surface area (Å²) in [6.07, 6.45) is 8.15. The average Bonchev–Trinajstić information content (AvgIpc) is 2.69. The number of nitrogens with one attached hydrogen (secondary N) is 3. The van der Waals surface area contributed by atoms with Gasteiger partial charge >= 0.3 is 0 Å². The number of halogens is 1. The van der Waals surface area contributed by atoms with Gasteiger partial charge in [-0.3, -0.25) is 4.79 Å². The van der Waals surface area contributed by atoms with Crippen LogP contribution in [0.15, 0.2) is 30.4 Å². The molecular formula is C23H36ClN3O2. The molecule has 1 aliphatic carbocycles. The van der Waals surface area contributed by atoms with Gasteiger partial charge in [-0.25, -0.2) is 0 Å². The van der Waals surface area contributed by atoms with Crippen LogP contribution < -0.4 is 16.0 Å². The topological polar surface area (TPSA) is 62.4 Å². The fraction of sp³-hybridized carbons (Fsp3) is 0.609. The summed E-state index contributed by atoms with van der Waals surface area (Å²) >= 11 is 6.27. The SMILES string of the molecule is CCC(CC)O[C@@H]1C=CC[C@H](NCCCNc2c(C)cccc2Cl)[C@H]1NC(C)=O. The summed E-state index contributed by atoms with van der Waals surface area (Å²) in [5, 5.41) is 10.9. The van der Waals surface area contributed by atoms with Gasteiger partial charge in [-0.05, 0) is 50.8 Å². The minimum atomic E-state index is -0.0982. The van der Waals surface area contributed by atoms with E-state index in [0.717, 1.165) is 55.0 Å². The summed E-state index contributed by atoms with van der Waals surface area (Å²) in [6, 6.07) is 6.02. The van der Waals surface area contributed by atoms with Gasteiger partial charge < -0.3 is 20.7 Å². The Morgan fingerprint density at radius 3 is 2.69 bits per heavy atom. The van der Waals surface area contributed by atoms with Crippen molar-refractivity contribution in [2.45, 2.75) is 77.7 Å². The van der Waals surface area contributed by atoms with Crippen LogP contribution in [-0.2, 0) is 9.53 Å². The van der Waals surface area contributed by atoms with Crippen molar-refractivity contribution >= 4 is 23.2 Å². The second kappa shape index (κ2) is 12.2. The lowest BCUT2D eigenvalue weighted by Crippen LogP contribution is -2.57. The van der Waals surface area contributed by atoms with E-state index in [9.17, 15) is 4.79 Å². The largest absolute Gasteiger partial charge is 0.384 e. The second-order valence-corrected chi connectivity index (χ2v) is 8.11. The first-order chi connectivity index (χ1) is 14.0. The van der Waals surface area contributed by atoms with E-state index in [0.29, 0.717) is 0 Å². The van der Waals surface area contributed by atoms with E-state index in [4.69, 9.17) is 16.3 Å². The normalized spacial score (nSPS) is 21.4. The van der Waals surface area contributed by atoms with E-state index >= 15 is 0 Å². The number of anilines is 1. The summed E-state index contributed by atoms with van der Waals surface area (Å²) < 4.78 is 6.28. The van der Waals surface area contributed by atoms with Crippen LogP contribution in [0.3, 0.4) is 0 Å². The second-order valence-electron chi connectivity index (χ2n) is 7.70. The number of hydrogen-bond donors (Lipinski definition) is 3. The molecule has 0 heterocycles. The summed E-state index contributed by atoms with van der Waals surface area (Å²) in [4.78, 5) is 11.8. The Labute approximate surface area is 180 Å². The number of para-hydroxylation sites is 1. The van der Waals surface area contributed by atoms with Crippen molar-refractivity contribution in [2.24, 2.45) is 0 Å². The molecule has 1 aliphatic rings. The lowest BCUT2D eigenvalue weighted by atomic mass is 9.92. The Bertz CT molecular complexity index is 656. The third kappa shape index (κ3) is 7.32. The van der Waals surface area contributed by atoms with Gasteiger partial charge in [-0.2, -0.15) is 0 Å². The van der Waals surface area contributed by atoms with E-state index in [1.807, 2.05) is 12.1 Å². The van der Waals surface area contributed by atoms with E-state index in [-0.39, 0.29) is 30.2 Å². The first-order valence-electron chi connectivity index (χ1n) is 10.8. The van der Waals surface area contributed by atoms with Crippen molar-refractivity contribution in [3.63, 3.8) is 0 Å². The van der Waals surface area contributed by atoms with Crippen LogP contribution in [0.25, 0.3) is 0 Å². The highest BCUT2D eigenvalue weighted by molar-refractivity contribution is 6.33. The van der Waals surface area contributed by atoms with E-state index in [1.54, 1.807) is 6.92 Å². The maximum absolute atomic E-state index is 11.8. The number of carbonyl (C=O) groups is 1. The third-order valence-corrected chi connectivity index (χ3v) is 5.73. The fourth-order valence-electron chi connectivity index (χ4n) is 3.76. The zero-order valence-corrected chi connectivity index (χ0v) is 18.9. The zero-order chi connectivity index (χ0) is 21.2. The molecule has 0 aliphatic heterocycles. The molecule has 1 amide bonds. The van der Waals surface area contributed by atoms with Gasteiger partial charge in [-0.15, -0.1) is 0 Å². The van der Waals surface area contributed by atoms with E-state index in [2.05, 4.69) is 54.9 Å². The van der Waals surface area contributed by atoms with Crippen LogP contribution in [0.1, 0.15) is 52.0 Å². The monoisotopic (exact) mass is 421 g/mol. The van der Waals surface area contributed by atoms with Gasteiger partial charge in [0, 0.05) is 19.5 Å². The smallest absolute Gasteiger partial charge is 0.217 e. The first-order valence-corrected chi connectivity index (χ1v) is 11.2. The van der Waals surface area contributed by atoms with Crippen LogP contribution in [-0.4, -0.2) is 43.3 Å². The lowest BCUT2D eigenvalue weighted by Gasteiger charge is -2.37. The van der Waals surface area contributed by atoms with Gasteiger partial charge in [0.2, 0.25) is 5.91 Å². The molecule has 1 aromatic rings. The first kappa shape index (κ1) is 23.7. The molecule has 162 valence electrons. The van der Waals surface area contributed by atoms with Crippen molar-refractivity contribution in [3.05, 3.63) is 40.9 Å². The summed E-state index contributed by atoms with van der Waals surface area (Å²) in [6.45, 7) is 9.58. The standard InChI is InChI=1S/C23H36ClN3O2/c1-5-18(6-2)29-21-13-8-12-20(23(21)27-17(4)28)25-14-9-15-26-22-16(3)10-7-11-19(22)24/h7-8,10-11,13,18,20-21,23,25-26H,5-6,9,12,14-15H2,1-4H3,(H,27,28)/t20-,21+,23+/m0/s1. The van der Waals surface area contributed by atoms with E-state index in [1.165, 1.54) is 0 Å². The Morgan fingerprint density at radius 2 is 2.03 bits per heavy atom. The van der Waals surface area contributed by atoms with Crippen LogP contribution in [0.4, 0.5) is 5.69 Å². The van der Waals surface area contributed by atoms with Crippen LogP contribution in [0.5, 0.6) is 0 Å². The average molecular weight is 422 g/mol. The number of ether oxygens (including phenoxy) is 1. The number of benzene rings is 1. The summed E-state index contributed by atoms with van der Waals surface area (Å²) in [5.74, 6) is -0.0221. The minimum absolute atomic E-state index is 0.0221. The molecular weight excluding hydrogens is 386 g/mol. The van der Waals surface area contributed by atoms with Gasteiger partial charge in [0.25, 0.3) is 0 Å². The molecule has 3 atom stereocenters. The van der Waals surface area contributed by atoms with Crippen molar-refractivity contribution in [2.75, 3.05) is 18.4 Å². The van der Waals surface area contributed by atoms with Crippen molar-refractivity contribution in [3.8, 4) is 0 Å². The predicted octanol–water partition coefficient (Wildman–Crippen LogP) is 4.45. The third-order valence-electron chi connectivity index (χ3n) is 5.42. The predicted molar refractivity (Wildman–Crippen MR) is 122 cm³/mol. The van der Waals surface area contributed by atoms with Crippen molar-refractivity contribution in [1.82, 2.24) is 10.6 Å². The minimum Gasteiger partial charge on any atom is -0.384 e. The number of aryl methyl sites for hydroxylation is 1. The molecule has 5 nitrogen and oxygen atoms in total. The quantitative estimate of drug-likeness (QED) is 0.365. The summed E-state index contributed by atoms with van der Waals surface area (Å²) in [5.41, 5.74) is 2.15. The molecule has 0 saturated carbocycles. The van der Waals surface area contributed by atoms with Crippen LogP contribution in [0, 0.1) is 6.92 Å². The highest BCUT2D eigenvalue weighted by Gasteiger charge is 2.32. The molecule has 1 aromatic carbocycles. The highest BCUT2D eigenvalue weighted by Crippen LogP contribution is 2.25. The summed E-state index contributed by atoms with van der Waals surface area (Å²) in [7, 11) is 0. The van der Waals surface area contributed by atoms with Gasteiger partial charge in [0.15, 0.2) is 0 Å². The van der Waals surface area contributed by atoms with Crippen LogP contribution >= 0.6 is 11.6 Å². The number of rotatable bonds is 11. The highest BCUT2D eigenvalue weighted by atomic mass is 35.5. The van der Waals surface area contributed by atoms with Gasteiger partial charge in [0.05, 0.1) is 29.0 Å². The molecule has 0 unspecified atom stereocenters. The molecule has 0 saturated heterocycles. The molecule has 0 aromatic heterocycles. The van der Waals surface area contributed by atoms with Crippen molar-refractivity contribution in [1.29, 1.82) is 0 Å². The fourth-order valence-corrected chi connectivity index (χ4v) is 4.05. The molecule has 3 N–H and O–H groups in total. The maximum atomic E-state index is 11.8. The number of hydrogen-bond acceptors (Lipinski definition) is 4. The zero-order valence-electron chi connectivity index (χ0n) is 18.1. The van der Waals surface area contributed by atoms with Gasteiger partial charge in [-0.1, -0.05) is 49.7 Å². The molecule has 0 fully saturated rings. The number of carbonyl (C=O) groups excluding carboxylic acids is 1. The van der Waals surface area contributed by atoms with Crippen LogP contribution in [0.2, 0.25) is 5.02 Å². The molecule has 0 bridgehead atoms. The Morgan fingerprint density at radius 1 is 1.28 bits per heavy atom. The Hall–Kier alpha value is -1.56. The van der Waals surface area contributed by atoms with E-state index < -0.39 is 0 Å². The Balaban J connectivity index is 1.87. The molecule has 2 rings (SSSR count). The molecule has 29 heavy (non-hydrogen) atoms. The maximum Gasteiger partial charge on any atom is 0.217 e. The molecule has 0 spiro atoms. The van der Waals surface area contributed by atoms with Gasteiger partial charge in [0.1, 0.15) is 0 Å². The number of amides is 1. The molecule has 6 heteroatoms. The van der Waals surface area contributed by atoms with Crippen molar-refractivity contribution < 1.29 is 9.53 Å². The molecule has 0 radical (unpaired) electrons.